The zero-order valence-electron chi connectivity index (χ0n) is 17.4. The topological polar surface area (TPSA) is 64.4 Å². The van der Waals surface area contributed by atoms with Gasteiger partial charge in [-0.15, -0.1) is 0 Å². The molecule has 0 saturated carbocycles. The van der Waals surface area contributed by atoms with E-state index >= 15 is 0 Å². The number of rotatable bonds is 7. The number of benzene rings is 3. The molecule has 3 aromatic carbocycles. The summed E-state index contributed by atoms with van der Waals surface area (Å²) in [7, 11) is 0. The molecule has 1 atom stereocenters. The van der Waals surface area contributed by atoms with Crippen molar-refractivity contribution in [1.29, 1.82) is 0 Å². The van der Waals surface area contributed by atoms with E-state index in [2.05, 4.69) is 52.2 Å². The molecule has 1 amide bonds. The number of aromatic nitrogens is 1. The first-order valence-corrected chi connectivity index (χ1v) is 11.0. The van der Waals surface area contributed by atoms with Crippen LogP contribution in [0.25, 0.3) is 22.6 Å². The van der Waals surface area contributed by atoms with Crippen LogP contribution in [0.15, 0.2) is 75.6 Å². The number of hydrogen-bond donors (Lipinski definition) is 1. The van der Waals surface area contributed by atoms with Gasteiger partial charge in [0.25, 0.3) is 5.91 Å². The van der Waals surface area contributed by atoms with E-state index in [1.807, 2.05) is 42.5 Å². The maximum Gasteiger partial charge on any atom is 0.262 e. The minimum Gasteiger partial charge on any atom is -0.484 e. The van der Waals surface area contributed by atoms with Crippen molar-refractivity contribution in [1.82, 2.24) is 4.98 Å². The molecule has 158 valence electrons. The summed E-state index contributed by atoms with van der Waals surface area (Å²) in [6.07, 6.45) is 1.08. The molecule has 0 saturated heterocycles. The summed E-state index contributed by atoms with van der Waals surface area (Å²) in [5, 5.41) is 2.83. The number of hydrogen-bond acceptors (Lipinski definition) is 4. The highest BCUT2D eigenvalue weighted by atomic mass is 79.9. The summed E-state index contributed by atoms with van der Waals surface area (Å²) < 4.78 is 12.4. The van der Waals surface area contributed by atoms with E-state index in [0.717, 1.165) is 27.6 Å². The van der Waals surface area contributed by atoms with E-state index in [1.165, 1.54) is 5.56 Å². The molecule has 0 aliphatic rings. The number of carbonyl (C=O) groups excluding carboxylic acids is 1. The van der Waals surface area contributed by atoms with E-state index in [9.17, 15) is 4.79 Å². The van der Waals surface area contributed by atoms with Crippen LogP contribution in [0.2, 0.25) is 0 Å². The number of carbonyl (C=O) groups is 1. The summed E-state index contributed by atoms with van der Waals surface area (Å²) in [6.45, 7) is 4.32. The standard InChI is InChI=1S/C25H23BrN2O3/c1-3-16(2)18-6-13-23-22(14-18)28-25(31-23)17-4-9-20(10-5-17)27-24(29)15-30-21-11-7-19(26)8-12-21/h4-14,16H,3,15H2,1-2H3,(H,27,29)/t16-/m0/s1. The lowest BCUT2D eigenvalue weighted by Crippen LogP contribution is -2.20. The van der Waals surface area contributed by atoms with Crippen molar-refractivity contribution < 1.29 is 13.9 Å². The predicted molar refractivity (Wildman–Crippen MR) is 126 cm³/mol. The SMILES string of the molecule is CC[C@H](C)c1ccc2oc(-c3ccc(NC(=O)COc4ccc(Br)cc4)cc3)nc2c1. The molecule has 1 N–H and O–H groups in total. The van der Waals surface area contributed by atoms with E-state index in [-0.39, 0.29) is 12.5 Å². The van der Waals surface area contributed by atoms with E-state index in [1.54, 1.807) is 12.1 Å². The highest BCUT2D eigenvalue weighted by molar-refractivity contribution is 9.10. The van der Waals surface area contributed by atoms with Crippen molar-refractivity contribution >= 4 is 38.6 Å². The summed E-state index contributed by atoms with van der Waals surface area (Å²) in [5.74, 6) is 1.46. The predicted octanol–water partition coefficient (Wildman–Crippen LogP) is 6.79. The van der Waals surface area contributed by atoms with Gasteiger partial charge in [-0.25, -0.2) is 4.98 Å². The molecule has 4 rings (SSSR count). The van der Waals surface area contributed by atoms with Crippen LogP contribution in [0.5, 0.6) is 5.75 Å². The first-order valence-electron chi connectivity index (χ1n) is 10.2. The first kappa shape index (κ1) is 21.1. The third-order valence-electron chi connectivity index (χ3n) is 5.19. The van der Waals surface area contributed by atoms with Gasteiger partial charge in [0.15, 0.2) is 12.2 Å². The first-order chi connectivity index (χ1) is 15.0. The Kier molecular flexibility index (Phi) is 6.37. The second-order valence-electron chi connectivity index (χ2n) is 7.42. The number of anilines is 1. The van der Waals surface area contributed by atoms with Crippen LogP contribution in [-0.2, 0) is 4.79 Å². The second-order valence-corrected chi connectivity index (χ2v) is 8.34. The molecule has 5 nitrogen and oxygen atoms in total. The zero-order valence-corrected chi connectivity index (χ0v) is 19.0. The lowest BCUT2D eigenvalue weighted by molar-refractivity contribution is -0.118. The highest BCUT2D eigenvalue weighted by Crippen LogP contribution is 2.28. The van der Waals surface area contributed by atoms with Gasteiger partial charge in [-0.05, 0) is 78.6 Å². The van der Waals surface area contributed by atoms with E-state index < -0.39 is 0 Å². The molecule has 0 unspecified atom stereocenters. The molecule has 1 heterocycles. The number of nitrogens with zero attached hydrogens (tertiary/aromatic N) is 1. The van der Waals surface area contributed by atoms with E-state index in [0.29, 0.717) is 23.2 Å². The van der Waals surface area contributed by atoms with Crippen LogP contribution in [0.3, 0.4) is 0 Å². The summed E-state index contributed by atoms with van der Waals surface area (Å²) in [6, 6.07) is 20.9. The largest absolute Gasteiger partial charge is 0.484 e. The normalized spacial score (nSPS) is 12.0. The molecule has 0 bridgehead atoms. The van der Waals surface area contributed by atoms with Crippen molar-refractivity contribution in [3.8, 4) is 17.2 Å². The Hall–Kier alpha value is -3.12. The minimum atomic E-state index is -0.227. The number of halogens is 1. The van der Waals surface area contributed by atoms with Crippen LogP contribution >= 0.6 is 15.9 Å². The lowest BCUT2D eigenvalue weighted by Gasteiger charge is -2.08. The molecular formula is C25H23BrN2O3. The van der Waals surface area contributed by atoms with E-state index in [4.69, 9.17) is 9.15 Å². The molecule has 0 radical (unpaired) electrons. The molecule has 6 heteroatoms. The average molecular weight is 479 g/mol. The van der Waals surface area contributed by atoms with Crippen molar-refractivity contribution in [3.05, 3.63) is 76.8 Å². The van der Waals surface area contributed by atoms with Gasteiger partial charge in [-0.1, -0.05) is 35.8 Å². The van der Waals surface area contributed by atoms with Crippen molar-refractivity contribution in [2.75, 3.05) is 11.9 Å². The number of nitrogens with one attached hydrogen (secondary N) is 1. The average Bonchev–Trinajstić information content (AvgIpc) is 3.22. The number of ether oxygens (including phenoxy) is 1. The van der Waals surface area contributed by atoms with Crippen LogP contribution in [0.1, 0.15) is 31.7 Å². The minimum absolute atomic E-state index is 0.0625. The van der Waals surface area contributed by atoms with Crippen LogP contribution in [-0.4, -0.2) is 17.5 Å². The number of oxazole rings is 1. The van der Waals surface area contributed by atoms with Crippen LogP contribution < -0.4 is 10.1 Å². The van der Waals surface area contributed by atoms with Gasteiger partial charge in [-0.2, -0.15) is 0 Å². The Bertz CT molecular complexity index is 1180. The molecule has 0 aliphatic heterocycles. The number of fused-ring (bicyclic) bond motifs is 1. The van der Waals surface area contributed by atoms with Gasteiger partial charge in [0.2, 0.25) is 5.89 Å². The quantitative estimate of drug-likeness (QED) is 0.317. The Morgan fingerprint density at radius 3 is 2.55 bits per heavy atom. The highest BCUT2D eigenvalue weighted by Gasteiger charge is 2.11. The monoisotopic (exact) mass is 478 g/mol. The fourth-order valence-electron chi connectivity index (χ4n) is 3.18. The Labute approximate surface area is 189 Å². The fraction of sp³-hybridized carbons (Fsp3) is 0.200. The summed E-state index contributed by atoms with van der Waals surface area (Å²) in [4.78, 5) is 16.8. The van der Waals surface area contributed by atoms with Gasteiger partial charge >= 0.3 is 0 Å². The van der Waals surface area contributed by atoms with Gasteiger partial charge < -0.3 is 14.5 Å². The summed E-state index contributed by atoms with van der Waals surface area (Å²) in [5.41, 5.74) is 4.42. The molecule has 0 aliphatic carbocycles. The smallest absolute Gasteiger partial charge is 0.262 e. The number of amides is 1. The third kappa shape index (κ3) is 5.14. The zero-order chi connectivity index (χ0) is 21.8. The van der Waals surface area contributed by atoms with Crippen molar-refractivity contribution in [2.24, 2.45) is 0 Å². The summed E-state index contributed by atoms with van der Waals surface area (Å²) >= 11 is 3.37. The maximum absolute atomic E-state index is 12.2. The van der Waals surface area contributed by atoms with Crippen molar-refractivity contribution in [3.63, 3.8) is 0 Å². The Morgan fingerprint density at radius 2 is 1.84 bits per heavy atom. The maximum atomic E-state index is 12.2. The van der Waals surface area contributed by atoms with Gasteiger partial charge in [0, 0.05) is 15.7 Å². The van der Waals surface area contributed by atoms with Crippen molar-refractivity contribution in [2.45, 2.75) is 26.2 Å². The van der Waals surface area contributed by atoms with Crippen LogP contribution in [0.4, 0.5) is 5.69 Å². The fourth-order valence-corrected chi connectivity index (χ4v) is 3.45. The van der Waals surface area contributed by atoms with Gasteiger partial charge in [-0.3, -0.25) is 4.79 Å². The molecule has 4 aromatic rings. The second kappa shape index (κ2) is 9.35. The molecule has 0 spiro atoms. The third-order valence-corrected chi connectivity index (χ3v) is 5.72. The molecular weight excluding hydrogens is 456 g/mol. The van der Waals surface area contributed by atoms with Gasteiger partial charge in [0.1, 0.15) is 11.3 Å². The Balaban J connectivity index is 1.40. The lowest BCUT2D eigenvalue weighted by atomic mass is 9.98. The molecule has 31 heavy (non-hydrogen) atoms. The molecule has 0 fully saturated rings. The molecule has 1 aromatic heterocycles. The van der Waals surface area contributed by atoms with Crippen LogP contribution in [0, 0.1) is 0 Å². The van der Waals surface area contributed by atoms with Gasteiger partial charge in [0.05, 0.1) is 0 Å². The Morgan fingerprint density at radius 1 is 1.10 bits per heavy atom.